The van der Waals surface area contributed by atoms with Crippen molar-refractivity contribution in [1.29, 1.82) is 5.41 Å². The van der Waals surface area contributed by atoms with Gasteiger partial charge in [-0.15, -0.1) is 0 Å². The minimum absolute atomic E-state index is 0.0276. The molecule has 3 aromatic heterocycles. The largest absolute Gasteiger partial charge is 0.492 e. The Morgan fingerprint density at radius 2 is 2.00 bits per heavy atom. The molecule has 1 amide bonds. The molecule has 0 radical (unpaired) electrons. The van der Waals surface area contributed by atoms with Crippen molar-refractivity contribution in [3.63, 3.8) is 0 Å². The molecule has 0 aliphatic carbocycles. The lowest BCUT2D eigenvalue weighted by Gasteiger charge is -2.08. The summed E-state index contributed by atoms with van der Waals surface area (Å²) in [5.74, 6) is -0.108. The average Bonchev–Trinajstić information content (AvgIpc) is 3.02. The van der Waals surface area contributed by atoms with E-state index in [-0.39, 0.29) is 23.2 Å². The number of hydrogen-bond donors (Lipinski definition) is 5. The van der Waals surface area contributed by atoms with Crippen molar-refractivity contribution >= 4 is 39.8 Å². The minimum Gasteiger partial charge on any atom is -0.492 e. The molecular weight excluding hydrogens is 356 g/mol. The molecule has 0 fully saturated rings. The van der Waals surface area contributed by atoms with E-state index in [1.807, 2.05) is 0 Å². The van der Waals surface area contributed by atoms with Gasteiger partial charge in [-0.1, -0.05) is 0 Å². The highest BCUT2D eigenvalue weighted by Crippen LogP contribution is 2.31. The van der Waals surface area contributed by atoms with Gasteiger partial charge in [0.2, 0.25) is 5.88 Å². The smallest absolute Gasteiger partial charge is 0.257 e. The average molecular weight is 370 g/mol. The van der Waals surface area contributed by atoms with Gasteiger partial charge in [-0.25, -0.2) is 15.0 Å². The van der Waals surface area contributed by atoms with Gasteiger partial charge < -0.3 is 21.1 Å². The lowest BCUT2D eigenvalue weighted by atomic mass is 10.2. The molecule has 0 aromatic carbocycles. The first-order valence-electron chi connectivity index (χ1n) is 7.33. The second-order valence-electron chi connectivity index (χ2n) is 4.97. The Bertz CT molecular complexity index is 927. The van der Waals surface area contributed by atoms with Gasteiger partial charge in [-0.3, -0.25) is 10.2 Å². The quantitative estimate of drug-likeness (QED) is 0.336. The van der Waals surface area contributed by atoms with Crippen LogP contribution in [0.4, 0.5) is 16.5 Å². The summed E-state index contributed by atoms with van der Waals surface area (Å²) >= 11 is 1.00. The molecule has 0 unspecified atom stereocenters. The first-order chi connectivity index (χ1) is 12.6. The first-order valence-corrected chi connectivity index (χ1v) is 8.10. The van der Waals surface area contributed by atoms with Gasteiger partial charge in [0.15, 0.2) is 0 Å². The zero-order valence-electron chi connectivity index (χ0n) is 13.5. The summed E-state index contributed by atoms with van der Waals surface area (Å²) in [4.78, 5) is 24.0. The van der Waals surface area contributed by atoms with Crippen LogP contribution in [0.3, 0.4) is 0 Å². The van der Waals surface area contributed by atoms with Crippen LogP contribution < -0.4 is 16.0 Å². The Morgan fingerprint density at radius 3 is 2.65 bits per heavy atom. The van der Waals surface area contributed by atoms with Crippen LogP contribution in [0.25, 0.3) is 0 Å². The van der Waals surface area contributed by atoms with Gasteiger partial charge in [0.05, 0.1) is 23.6 Å². The van der Waals surface area contributed by atoms with Crippen molar-refractivity contribution in [2.24, 2.45) is 0 Å². The number of aromatic hydroxyl groups is 1. The van der Waals surface area contributed by atoms with Crippen molar-refractivity contribution in [1.82, 2.24) is 24.6 Å². The van der Waals surface area contributed by atoms with Crippen LogP contribution >= 0.6 is 11.5 Å². The molecule has 0 bridgehead atoms. The molecule has 3 rings (SSSR count). The van der Waals surface area contributed by atoms with E-state index in [1.165, 1.54) is 24.9 Å². The van der Waals surface area contributed by atoms with E-state index in [9.17, 15) is 9.90 Å². The number of amides is 1. The number of rotatable bonds is 5. The molecule has 11 heteroatoms. The summed E-state index contributed by atoms with van der Waals surface area (Å²) in [5, 5.41) is 26.3. The van der Waals surface area contributed by atoms with E-state index < -0.39 is 0 Å². The van der Waals surface area contributed by atoms with Crippen molar-refractivity contribution in [2.75, 3.05) is 17.7 Å². The monoisotopic (exact) mass is 370 g/mol. The topological polar surface area (TPSA) is 149 Å². The van der Waals surface area contributed by atoms with Crippen LogP contribution in [0.1, 0.15) is 15.9 Å². The normalized spacial score (nSPS) is 10.2. The van der Waals surface area contributed by atoms with Crippen molar-refractivity contribution in [2.45, 2.75) is 0 Å². The van der Waals surface area contributed by atoms with Gasteiger partial charge >= 0.3 is 0 Å². The fourth-order valence-corrected chi connectivity index (χ4v) is 2.71. The highest BCUT2D eigenvalue weighted by molar-refractivity contribution is 7.11. The van der Waals surface area contributed by atoms with Crippen LogP contribution in [0.15, 0.2) is 37.1 Å². The van der Waals surface area contributed by atoms with Crippen LogP contribution in [0.5, 0.6) is 5.88 Å². The summed E-state index contributed by atoms with van der Waals surface area (Å²) in [6, 6.07) is 3.21. The van der Waals surface area contributed by atoms with Gasteiger partial charge in [-0.2, -0.15) is 4.37 Å². The number of nitrogens with zero attached hydrogens (tertiary/aromatic N) is 4. The number of amidine groups is 1. The van der Waals surface area contributed by atoms with Crippen molar-refractivity contribution in [3.8, 4) is 5.88 Å². The summed E-state index contributed by atoms with van der Waals surface area (Å²) in [6.45, 7) is 0. The molecule has 0 spiro atoms. The Hall–Kier alpha value is -3.60. The number of nitrogens with one attached hydrogen (secondary N) is 4. The zero-order valence-corrected chi connectivity index (χ0v) is 14.3. The lowest BCUT2D eigenvalue weighted by molar-refractivity contribution is 0.102. The maximum absolute atomic E-state index is 12.2. The molecule has 26 heavy (non-hydrogen) atoms. The predicted octanol–water partition coefficient (Wildman–Crippen LogP) is 1.57. The van der Waals surface area contributed by atoms with Gasteiger partial charge in [0.25, 0.3) is 5.91 Å². The van der Waals surface area contributed by atoms with E-state index in [1.54, 1.807) is 19.2 Å². The van der Waals surface area contributed by atoms with Crippen LogP contribution in [-0.2, 0) is 0 Å². The third-order valence-electron chi connectivity index (χ3n) is 3.26. The van der Waals surface area contributed by atoms with E-state index in [0.717, 1.165) is 11.5 Å². The molecule has 3 heterocycles. The molecule has 5 N–H and O–H groups in total. The first kappa shape index (κ1) is 17.2. The number of aromatic nitrogens is 4. The molecule has 0 atom stereocenters. The third-order valence-corrected chi connectivity index (χ3v) is 4.01. The molecule has 3 aromatic rings. The third kappa shape index (κ3) is 3.72. The van der Waals surface area contributed by atoms with Crippen molar-refractivity contribution < 1.29 is 9.90 Å². The Balaban J connectivity index is 1.72. The van der Waals surface area contributed by atoms with Gasteiger partial charge in [0, 0.05) is 13.2 Å². The predicted molar refractivity (Wildman–Crippen MR) is 97.2 cm³/mol. The minimum atomic E-state index is -0.341. The van der Waals surface area contributed by atoms with E-state index in [2.05, 4.69) is 35.3 Å². The number of hydrogen-bond acceptors (Lipinski definition) is 9. The zero-order chi connectivity index (χ0) is 18.5. The molecule has 132 valence electrons. The molecule has 10 nitrogen and oxygen atoms in total. The Morgan fingerprint density at radius 1 is 1.23 bits per heavy atom. The molecule has 0 aliphatic rings. The Kier molecular flexibility index (Phi) is 4.99. The lowest BCUT2D eigenvalue weighted by Crippen LogP contribution is -2.18. The van der Waals surface area contributed by atoms with Gasteiger partial charge in [0.1, 0.15) is 28.5 Å². The van der Waals surface area contributed by atoms with Crippen LogP contribution in [-0.4, -0.2) is 43.2 Å². The number of anilines is 3. The maximum Gasteiger partial charge on any atom is 0.257 e. The van der Waals surface area contributed by atoms with Crippen molar-refractivity contribution in [3.05, 3.63) is 48.2 Å². The van der Waals surface area contributed by atoms with Crippen LogP contribution in [0.2, 0.25) is 0 Å². The summed E-state index contributed by atoms with van der Waals surface area (Å²) in [6.07, 6.45) is 5.76. The fraction of sp³-hybridized carbons (Fsp3) is 0.0667. The molecular formula is C15H14N8O2S. The highest BCUT2D eigenvalue weighted by atomic mass is 32.1. The van der Waals surface area contributed by atoms with E-state index in [4.69, 9.17) is 5.41 Å². The second kappa shape index (κ2) is 7.53. The fourth-order valence-electron chi connectivity index (χ4n) is 2.00. The summed E-state index contributed by atoms with van der Waals surface area (Å²) in [5.41, 5.74) is 1.09. The number of carbonyl (C=O) groups excluding carboxylic acids is 1. The van der Waals surface area contributed by atoms with E-state index in [0.29, 0.717) is 22.1 Å². The second-order valence-corrected chi connectivity index (χ2v) is 5.75. The molecule has 0 aliphatic heterocycles. The summed E-state index contributed by atoms with van der Waals surface area (Å²) in [7, 11) is 1.58. The highest BCUT2D eigenvalue weighted by Gasteiger charge is 2.17. The van der Waals surface area contributed by atoms with Gasteiger partial charge in [-0.05, 0) is 23.7 Å². The molecule has 0 saturated carbocycles. The summed E-state index contributed by atoms with van der Waals surface area (Å²) < 4.78 is 3.82. The van der Waals surface area contributed by atoms with E-state index >= 15 is 0 Å². The standard InChI is InChI=1S/C15H14N8O2S/c1-17-12(16)11-14(25)23-26-15(11)22-10-3-2-8(4-20-10)13(24)21-9-5-18-7-19-6-9/h2-7H,1H3,(H2,16,17)(H,20,22)(H,21,24)(H,23,25). The Labute approximate surface area is 152 Å². The maximum atomic E-state index is 12.2. The number of carbonyl (C=O) groups is 1. The number of pyridine rings is 1. The SMILES string of the molecule is CNC(=N)c1c(O)nsc1Nc1ccc(C(=O)Nc2cncnc2)cn1. The van der Waals surface area contributed by atoms with Crippen LogP contribution in [0, 0.1) is 5.41 Å². The molecule has 0 saturated heterocycles.